The molecule has 8 nitrogen and oxygen atoms in total. The Morgan fingerprint density at radius 2 is 1.86 bits per heavy atom. The highest BCUT2D eigenvalue weighted by molar-refractivity contribution is 5.86. The van der Waals surface area contributed by atoms with Gasteiger partial charge < -0.3 is 15.4 Å². The first-order valence-corrected chi connectivity index (χ1v) is 9.12. The summed E-state index contributed by atoms with van der Waals surface area (Å²) in [5.41, 5.74) is -2.27. The van der Waals surface area contributed by atoms with Crippen LogP contribution < -0.4 is 10.6 Å². The highest BCUT2D eigenvalue weighted by Gasteiger charge is 2.33. The molecule has 1 fully saturated rings. The Bertz CT molecular complexity index is 778. The largest absolute Gasteiger partial charge is 0.451 e. The molecule has 11 heteroatoms. The molecule has 0 unspecified atom stereocenters. The minimum atomic E-state index is -4.74. The molecule has 0 spiro atoms. The number of alkyl halides is 3. The van der Waals surface area contributed by atoms with Crippen LogP contribution >= 0.6 is 0 Å². The number of ether oxygens (including phenoxy) is 1. The summed E-state index contributed by atoms with van der Waals surface area (Å²) in [7, 11) is 0. The van der Waals surface area contributed by atoms with Gasteiger partial charge in [0.25, 0.3) is 11.6 Å². The van der Waals surface area contributed by atoms with Crippen LogP contribution in [0.4, 0.5) is 24.5 Å². The lowest BCUT2D eigenvalue weighted by atomic mass is 10.1. The number of nitrogens with zero attached hydrogens (tertiary/aromatic N) is 1. The highest BCUT2D eigenvalue weighted by atomic mass is 19.4. The fourth-order valence-corrected chi connectivity index (χ4v) is 2.99. The number of nitro benzene ring substituents is 1. The maximum atomic E-state index is 12.8. The minimum Gasteiger partial charge on any atom is -0.451 e. The van der Waals surface area contributed by atoms with Gasteiger partial charge in [-0.3, -0.25) is 14.9 Å². The molecule has 2 atom stereocenters. The fourth-order valence-electron chi connectivity index (χ4n) is 2.99. The lowest BCUT2D eigenvalue weighted by Crippen LogP contribution is -2.42. The molecule has 1 aromatic rings. The molecule has 1 saturated carbocycles. The maximum absolute atomic E-state index is 12.8. The van der Waals surface area contributed by atoms with E-state index in [2.05, 4.69) is 10.6 Å². The van der Waals surface area contributed by atoms with E-state index in [9.17, 15) is 32.9 Å². The molecule has 1 aliphatic carbocycles. The van der Waals surface area contributed by atoms with E-state index >= 15 is 0 Å². The minimum absolute atomic E-state index is 0.0500. The smallest absolute Gasteiger partial charge is 0.416 e. The van der Waals surface area contributed by atoms with Crippen LogP contribution in [-0.2, 0) is 20.5 Å². The first kappa shape index (κ1) is 22.4. The summed E-state index contributed by atoms with van der Waals surface area (Å²) < 4.78 is 43.4. The number of carbonyl (C=O) groups excluding carboxylic acids is 2. The molecular weight excluding hydrogens is 395 g/mol. The van der Waals surface area contributed by atoms with Gasteiger partial charge in [-0.15, -0.1) is 0 Å². The van der Waals surface area contributed by atoms with E-state index in [0.29, 0.717) is 12.1 Å². The number of halogens is 3. The molecule has 160 valence electrons. The molecule has 1 aliphatic rings. The van der Waals surface area contributed by atoms with Crippen molar-refractivity contribution in [3.05, 3.63) is 33.9 Å². The number of carbonyl (C=O) groups is 2. The van der Waals surface area contributed by atoms with E-state index in [1.165, 1.54) is 13.8 Å². The van der Waals surface area contributed by atoms with Crippen LogP contribution in [-0.4, -0.2) is 35.0 Å². The molecule has 1 aromatic carbocycles. The number of nitro groups is 1. The van der Waals surface area contributed by atoms with Gasteiger partial charge in [0, 0.05) is 12.1 Å². The van der Waals surface area contributed by atoms with Gasteiger partial charge >= 0.3 is 12.1 Å². The Morgan fingerprint density at radius 1 is 1.24 bits per heavy atom. The van der Waals surface area contributed by atoms with Crippen molar-refractivity contribution in [1.82, 2.24) is 5.32 Å². The summed E-state index contributed by atoms with van der Waals surface area (Å²) in [6.07, 6.45) is -2.05. The van der Waals surface area contributed by atoms with Crippen LogP contribution in [0.3, 0.4) is 0 Å². The first-order valence-electron chi connectivity index (χ1n) is 9.12. The second-order valence-electron chi connectivity index (χ2n) is 6.92. The number of esters is 1. The summed E-state index contributed by atoms with van der Waals surface area (Å²) in [5.74, 6) is -1.31. The Labute approximate surface area is 164 Å². The number of hydrogen-bond acceptors (Lipinski definition) is 6. The third-order valence-electron chi connectivity index (χ3n) is 4.61. The van der Waals surface area contributed by atoms with Crippen molar-refractivity contribution in [1.29, 1.82) is 0 Å². The Hall–Kier alpha value is -2.85. The molecule has 0 radical (unpaired) electrons. The summed E-state index contributed by atoms with van der Waals surface area (Å²) in [5, 5.41) is 16.4. The topological polar surface area (TPSA) is 111 Å². The molecule has 1 amide bonds. The average Bonchev–Trinajstić information content (AvgIpc) is 3.13. The highest BCUT2D eigenvalue weighted by Crippen LogP contribution is 2.35. The monoisotopic (exact) mass is 417 g/mol. The zero-order valence-electron chi connectivity index (χ0n) is 15.9. The number of benzene rings is 1. The number of hydrogen-bond donors (Lipinski definition) is 2. The Kier molecular flexibility index (Phi) is 7.04. The van der Waals surface area contributed by atoms with Crippen molar-refractivity contribution in [3.8, 4) is 0 Å². The Balaban J connectivity index is 2.01. The van der Waals surface area contributed by atoms with E-state index in [1.807, 2.05) is 0 Å². The van der Waals surface area contributed by atoms with Crippen LogP contribution in [0.15, 0.2) is 18.2 Å². The van der Waals surface area contributed by atoms with E-state index in [-0.39, 0.29) is 11.7 Å². The van der Waals surface area contributed by atoms with E-state index in [0.717, 1.165) is 31.7 Å². The van der Waals surface area contributed by atoms with Crippen LogP contribution in [0.1, 0.15) is 45.1 Å². The standard InChI is InChI=1S/C18H22F3N3O5/c1-10(17(26)29-11(2)16(25)23-13-5-3-4-6-13)22-14-8-7-12(18(19,20)21)9-15(14)24(27)28/h7-11,13,22H,3-6H2,1-2H3,(H,23,25)/t10-,11-/m0/s1. The quantitative estimate of drug-likeness (QED) is 0.400. The molecule has 0 bridgehead atoms. The van der Waals surface area contributed by atoms with Gasteiger partial charge in [-0.05, 0) is 38.8 Å². The van der Waals surface area contributed by atoms with Crippen molar-refractivity contribution in [2.24, 2.45) is 0 Å². The normalized spacial score (nSPS) is 16.7. The van der Waals surface area contributed by atoms with E-state index in [4.69, 9.17) is 4.74 Å². The lowest BCUT2D eigenvalue weighted by Gasteiger charge is -2.20. The SMILES string of the molecule is C[C@H](Nc1ccc(C(F)(F)F)cc1[N+](=O)[O-])C(=O)O[C@@H](C)C(=O)NC1CCCC1. The van der Waals surface area contributed by atoms with Crippen molar-refractivity contribution in [2.75, 3.05) is 5.32 Å². The molecule has 29 heavy (non-hydrogen) atoms. The maximum Gasteiger partial charge on any atom is 0.416 e. The summed E-state index contributed by atoms with van der Waals surface area (Å²) in [6, 6.07) is 0.852. The number of anilines is 1. The van der Waals surface area contributed by atoms with Crippen LogP contribution in [0.2, 0.25) is 0 Å². The third-order valence-corrected chi connectivity index (χ3v) is 4.61. The van der Waals surface area contributed by atoms with Gasteiger partial charge in [-0.2, -0.15) is 13.2 Å². The van der Waals surface area contributed by atoms with E-state index < -0.39 is 46.4 Å². The predicted octanol–water partition coefficient (Wildman–Crippen LogP) is 3.40. The molecule has 0 aliphatic heterocycles. The summed E-state index contributed by atoms with van der Waals surface area (Å²) in [4.78, 5) is 34.4. The third kappa shape index (κ3) is 6.06. The zero-order valence-corrected chi connectivity index (χ0v) is 15.9. The van der Waals surface area contributed by atoms with Gasteiger partial charge in [0.15, 0.2) is 6.10 Å². The molecule has 2 N–H and O–H groups in total. The van der Waals surface area contributed by atoms with Gasteiger partial charge in [-0.25, -0.2) is 4.79 Å². The van der Waals surface area contributed by atoms with Crippen LogP contribution in [0.5, 0.6) is 0 Å². The molecule has 0 aromatic heterocycles. The number of nitrogens with one attached hydrogen (secondary N) is 2. The first-order chi connectivity index (χ1) is 13.5. The number of amides is 1. The van der Waals surface area contributed by atoms with Gasteiger partial charge in [0.1, 0.15) is 11.7 Å². The lowest BCUT2D eigenvalue weighted by molar-refractivity contribution is -0.384. The zero-order chi connectivity index (χ0) is 21.8. The molecular formula is C18H22F3N3O5. The van der Waals surface area contributed by atoms with Crippen LogP contribution in [0, 0.1) is 10.1 Å². The summed E-state index contributed by atoms with van der Waals surface area (Å²) >= 11 is 0. The molecule has 2 rings (SSSR count). The Morgan fingerprint density at radius 3 is 2.41 bits per heavy atom. The summed E-state index contributed by atoms with van der Waals surface area (Å²) in [6.45, 7) is 2.72. The fraction of sp³-hybridized carbons (Fsp3) is 0.556. The van der Waals surface area contributed by atoms with Gasteiger partial charge in [0.2, 0.25) is 0 Å². The van der Waals surface area contributed by atoms with Gasteiger partial charge in [0.05, 0.1) is 10.5 Å². The molecule has 0 saturated heterocycles. The second kappa shape index (κ2) is 9.10. The second-order valence-corrected chi connectivity index (χ2v) is 6.92. The van der Waals surface area contributed by atoms with Crippen molar-refractivity contribution >= 4 is 23.3 Å². The van der Waals surface area contributed by atoms with Crippen molar-refractivity contribution in [2.45, 2.75) is 63.9 Å². The van der Waals surface area contributed by atoms with Gasteiger partial charge in [-0.1, -0.05) is 12.8 Å². The number of rotatable bonds is 7. The van der Waals surface area contributed by atoms with Crippen molar-refractivity contribution in [3.63, 3.8) is 0 Å². The van der Waals surface area contributed by atoms with E-state index in [1.54, 1.807) is 0 Å². The van der Waals surface area contributed by atoms with Crippen LogP contribution in [0.25, 0.3) is 0 Å². The molecule has 0 heterocycles. The predicted molar refractivity (Wildman–Crippen MR) is 97.1 cm³/mol. The average molecular weight is 417 g/mol. The van der Waals surface area contributed by atoms with Crippen molar-refractivity contribution < 1.29 is 32.4 Å².